The number of hydrogen-bond acceptors (Lipinski definition) is 2. The van der Waals surface area contributed by atoms with Crippen LogP contribution >= 0.6 is 0 Å². The van der Waals surface area contributed by atoms with Gasteiger partial charge in [0.15, 0.2) is 0 Å². The molecule has 0 aromatic carbocycles. The minimum atomic E-state index is -2.02. The van der Waals surface area contributed by atoms with E-state index in [-0.39, 0.29) is 0 Å². The highest BCUT2D eigenvalue weighted by Crippen LogP contribution is 1.92. The maximum absolute atomic E-state index is 8.86. The van der Waals surface area contributed by atoms with Crippen molar-refractivity contribution in [1.29, 1.82) is 0 Å². The van der Waals surface area contributed by atoms with Crippen molar-refractivity contribution in [2.45, 2.75) is 19.8 Å². The maximum Gasteiger partial charge on any atom is 0.0247 e. The van der Waals surface area contributed by atoms with Crippen LogP contribution in [0.4, 0.5) is 0 Å². The summed E-state index contributed by atoms with van der Waals surface area (Å²) in [6.07, 6.45) is 2.02. The van der Waals surface area contributed by atoms with Gasteiger partial charge in [0.25, 0.3) is 0 Å². The summed E-state index contributed by atoms with van der Waals surface area (Å²) in [5, 5.41) is 0. The Morgan fingerprint density at radius 3 is 2.12 bits per heavy atom. The van der Waals surface area contributed by atoms with E-state index in [4.69, 9.17) is 4.55 Å². The summed E-state index contributed by atoms with van der Waals surface area (Å²) in [6.45, 7) is 2.05. The van der Waals surface area contributed by atoms with E-state index >= 15 is 0 Å². The standard InChI is InChI=1S/C4H10OS3/c1-2-3-4-8(5,6)7/h2-4H2,1H3,(H,5,6,7). The molecule has 4 heteroatoms. The predicted octanol–water partition coefficient (Wildman–Crippen LogP) is 1.34. The van der Waals surface area contributed by atoms with E-state index in [1.165, 1.54) is 0 Å². The van der Waals surface area contributed by atoms with Crippen LogP contribution < -0.4 is 0 Å². The Morgan fingerprint density at radius 2 is 2.00 bits per heavy atom. The molecular weight excluding hydrogens is 160 g/mol. The fraction of sp³-hybridized carbons (Fsp3) is 1.00. The predicted molar refractivity (Wildman–Crippen MR) is 44.5 cm³/mol. The summed E-state index contributed by atoms with van der Waals surface area (Å²) >= 11 is 9.21. The SMILES string of the molecule is CCCCS(O)(=S)=S. The molecule has 0 aliphatic rings. The lowest BCUT2D eigenvalue weighted by Crippen LogP contribution is -1.98. The van der Waals surface area contributed by atoms with Crippen LogP contribution in [0.5, 0.6) is 0 Å². The molecule has 0 aliphatic heterocycles. The molecule has 8 heavy (non-hydrogen) atoms. The number of rotatable bonds is 3. The molecule has 1 nitrogen and oxygen atoms in total. The van der Waals surface area contributed by atoms with Gasteiger partial charge in [0, 0.05) is 13.2 Å². The zero-order chi connectivity index (χ0) is 6.62. The van der Waals surface area contributed by atoms with Crippen LogP contribution in [0, 0.1) is 0 Å². The molecule has 0 radical (unpaired) electrons. The summed E-state index contributed by atoms with van der Waals surface area (Å²) in [7, 11) is -2.02. The summed E-state index contributed by atoms with van der Waals surface area (Å²) in [4.78, 5) is 0. The van der Waals surface area contributed by atoms with Gasteiger partial charge in [0.1, 0.15) is 0 Å². The van der Waals surface area contributed by atoms with Crippen LogP contribution in [0.3, 0.4) is 0 Å². The van der Waals surface area contributed by atoms with Crippen LogP contribution in [0.2, 0.25) is 0 Å². The van der Waals surface area contributed by atoms with E-state index < -0.39 is 7.43 Å². The molecule has 0 aromatic heterocycles. The van der Waals surface area contributed by atoms with E-state index in [1.807, 2.05) is 0 Å². The fourth-order valence-electron chi connectivity index (χ4n) is 0.327. The number of unbranched alkanes of at least 4 members (excludes halogenated alkanes) is 1. The van der Waals surface area contributed by atoms with Gasteiger partial charge in [-0.3, -0.25) is 0 Å². The smallest absolute Gasteiger partial charge is 0.0247 e. The first-order chi connectivity index (χ1) is 3.56. The molecule has 0 saturated heterocycles. The Morgan fingerprint density at radius 1 is 1.50 bits per heavy atom. The topological polar surface area (TPSA) is 20.2 Å². The highest BCUT2D eigenvalue weighted by molar-refractivity contribution is 8.53. The first kappa shape index (κ1) is 8.75. The lowest BCUT2D eigenvalue weighted by Gasteiger charge is -1.97. The van der Waals surface area contributed by atoms with E-state index in [9.17, 15) is 0 Å². The third kappa shape index (κ3) is 6.75. The molecular formula is C4H10OS3. The Bertz CT molecular complexity index is 135. The second-order valence-electron chi connectivity index (χ2n) is 1.64. The van der Waals surface area contributed by atoms with Gasteiger partial charge in [-0.1, -0.05) is 13.3 Å². The number of hydrogen-bond donors (Lipinski definition) is 1. The van der Waals surface area contributed by atoms with Crippen molar-refractivity contribution in [2.75, 3.05) is 5.75 Å². The lowest BCUT2D eigenvalue weighted by molar-refractivity contribution is 0.649. The van der Waals surface area contributed by atoms with Gasteiger partial charge < -0.3 is 4.55 Å². The van der Waals surface area contributed by atoms with E-state index in [2.05, 4.69) is 29.3 Å². The Labute approximate surface area is 60.1 Å². The van der Waals surface area contributed by atoms with Crippen molar-refractivity contribution in [1.82, 2.24) is 0 Å². The van der Waals surface area contributed by atoms with E-state index in [1.54, 1.807) is 0 Å². The van der Waals surface area contributed by atoms with Crippen molar-refractivity contribution >= 4 is 29.8 Å². The molecule has 0 spiro atoms. The van der Waals surface area contributed by atoms with Gasteiger partial charge >= 0.3 is 0 Å². The molecule has 0 aromatic rings. The minimum absolute atomic E-state index is 0.633. The summed E-state index contributed by atoms with van der Waals surface area (Å²) < 4.78 is 8.86. The van der Waals surface area contributed by atoms with E-state index in [0.29, 0.717) is 5.75 Å². The quantitative estimate of drug-likeness (QED) is 0.690. The third-order valence-corrected chi connectivity index (χ3v) is 2.56. The van der Waals surface area contributed by atoms with E-state index in [0.717, 1.165) is 12.8 Å². The second kappa shape index (κ2) is 3.71. The van der Waals surface area contributed by atoms with Gasteiger partial charge in [-0.2, -0.15) is 0 Å². The molecule has 0 amide bonds. The zero-order valence-corrected chi connectivity index (χ0v) is 7.24. The molecule has 0 fully saturated rings. The largest absolute Gasteiger partial charge is 0.325 e. The fourth-order valence-corrected chi connectivity index (χ4v) is 1.69. The highest BCUT2D eigenvalue weighted by atomic mass is 33.1. The normalized spacial score (nSPS) is 11.8. The second-order valence-corrected chi connectivity index (χ2v) is 7.15. The van der Waals surface area contributed by atoms with Crippen LogP contribution in [-0.4, -0.2) is 10.3 Å². The molecule has 0 atom stereocenters. The first-order valence-corrected chi connectivity index (χ1v) is 6.12. The van der Waals surface area contributed by atoms with Crippen LogP contribution in [0.15, 0.2) is 0 Å². The molecule has 50 valence electrons. The molecule has 1 N–H and O–H groups in total. The van der Waals surface area contributed by atoms with Crippen molar-refractivity contribution < 1.29 is 4.55 Å². The first-order valence-electron chi connectivity index (χ1n) is 2.51. The Balaban J connectivity index is 3.42. The van der Waals surface area contributed by atoms with Crippen LogP contribution in [0.25, 0.3) is 0 Å². The van der Waals surface area contributed by atoms with Gasteiger partial charge in [0.2, 0.25) is 0 Å². The van der Waals surface area contributed by atoms with Crippen molar-refractivity contribution in [3.8, 4) is 0 Å². The minimum Gasteiger partial charge on any atom is -0.325 e. The Kier molecular flexibility index (Phi) is 4.06. The van der Waals surface area contributed by atoms with Crippen LogP contribution in [-0.2, 0) is 29.8 Å². The molecule has 0 saturated carbocycles. The molecule has 0 bridgehead atoms. The molecule has 0 unspecified atom stereocenters. The van der Waals surface area contributed by atoms with Crippen molar-refractivity contribution in [3.05, 3.63) is 0 Å². The summed E-state index contributed by atoms with van der Waals surface area (Å²) in [5.41, 5.74) is 0. The van der Waals surface area contributed by atoms with Gasteiger partial charge in [-0.25, -0.2) is 0 Å². The molecule has 0 rings (SSSR count). The zero-order valence-electron chi connectivity index (χ0n) is 4.79. The average molecular weight is 170 g/mol. The maximum atomic E-state index is 8.86. The highest BCUT2D eigenvalue weighted by Gasteiger charge is 1.91. The van der Waals surface area contributed by atoms with Crippen molar-refractivity contribution in [3.63, 3.8) is 0 Å². The van der Waals surface area contributed by atoms with Gasteiger partial charge in [-0.15, -0.1) is 0 Å². The third-order valence-electron chi connectivity index (χ3n) is 0.756. The van der Waals surface area contributed by atoms with Gasteiger partial charge in [-0.05, 0) is 28.8 Å². The average Bonchev–Trinajstić information content (AvgIpc) is 1.59. The molecule has 0 heterocycles. The van der Waals surface area contributed by atoms with Gasteiger partial charge in [0.05, 0.1) is 0 Å². The molecule has 0 aliphatic carbocycles. The van der Waals surface area contributed by atoms with Crippen LogP contribution in [0.1, 0.15) is 19.8 Å². The van der Waals surface area contributed by atoms with Crippen molar-refractivity contribution in [2.24, 2.45) is 0 Å². The summed E-state index contributed by atoms with van der Waals surface area (Å²) in [5.74, 6) is 0.633. The Hall–Kier alpha value is 0.750. The summed E-state index contributed by atoms with van der Waals surface area (Å²) in [6, 6.07) is 0. The lowest BCUT2D eigenvalue weighted by atomic mass is 10.4. The monoisotopic (exact) mass is 170 g/mol.